The van der Waals surface area contributed by atoms with Crippen molar-refractivity contribution in [2.75, 3.05) is 18.0 Å². The zero-order chi connectivity index (χ0) is 17.4. The molecule has 1 aromatic carbocycles. The molecule has 126 valence electrons. The first-order chi connectivity index (χ1) is 12.2. The maximum absolute atomic E-state index is 14.3. The van der Waals surface area contributed by atoms with E-state index in [-0.39, 0.29) is 17.2 Å². The fraction of sp³-hybridized carbons (Fsp3) is 0.278. The van der Waals surface area contributed by atoms with Gasteiger partial charge >= 0.3 is 0 Å². The van der Waals surface area contributed by atoms with E-state index in [0.29, 0.717) is 13.1 Å². The number of hydrogen-bond acceptors (Lipinski definition) is 4. The molecule has 0 aliphatic carbocycles. The number of aromatic nitrogens is 3. The molecule has 0 unspecified atom stereocenters. The minimum Gasteiger partial charge on any atom is -0.366 e. The van der Waals surface area contributed by atoms with Gasteiger partial charge in [0.25, 0.3) is 0 Å². The Kier molecular flexibility index (Phi) is 3.80. The monoisotopic (exact) mass is 339 g/mol. The lowest BCUT2D eigenvalue weighted by Gasteiger charge is -2.34. The van der Waals surface area contributed by atoms with E-state index >= 15 is 0 Å². The van der Waals surface area contributed by atoms with E-state index in [1.165, 1.54) is 0 Å². The minimum absolute atomic E-state index is 0.0178. The van der Waals surface area contributed by atoms with E-state index in [1.807, 2.05) is 28.8 Å². The molecule has 0 N–H and O–H groups in total. The van der Waals surface area contributed by atoms with Crippen LogP contribution in [0.25, 0.3) is 5.65 Å². The summed E-state index contributed by atoms with van der Waals surface area (Å²) in [4.78, 5) is 1.70. The Morgan fingerprint density at radius 3 is 2.72 bits per heavy atom. The molecule has 2 aromatic heterocycles. The van der Waals surface area contributed by atoms with E-state index in [1.54, 1.807) is 11.0 Å². The smallest absolute Gasteiger partial charge is 0.160 e. The van der Waals surface area contributed by atoms with Crippen LogP contribution in [0, 0.1) is 23.0 Å². The van der Waals surface area contributed by atoms with E-state index in [9.17, 15) is 8.78 Å². The fourth-order valence-electron chi connectivity index (χ4n) is 3.46. The normalized spacial score (nSPS) is 17.6. The highest BCUT2D eigenvalue weighted by molar-refractivity contribution is 5.53. The van der Waals surface area contributed by atoms with Gasteiger partial charge in [-0.15, -0.1) is 10.2 Å². The van der Waals surface area contributed by atoms with Crippen LogP contribution in [-0.4, -0.2) is 27.7 Å². The number of piperidine rings is 1. The third-order valence-electron chi connectivity index (χ3n) is 4.59. The number of halogens is 2. The summed E-state index contributed by atoms with van der Waals surface area (Å²) in [5.41, 5.74) is 0.665. The van der Waals surface area contributed by atoms with Crippen molar-refractivity contribution in [3.05, 3.63) is 59.6 Å². The Balaban J connectivity index is 1.67. The summed E-state index contributed by atoms with van der Waals surface area (Å²) in [5.74, 6) is -0.582. The lowest BCUT2D eigenvalue weighted by atomic mass is 9.96. The first-order valence-electron chi connectivity index (χ1n) is 8.11. The Labute approximate surface area is 143 Å². The molecule has 0 amide bonds. The van der Waals surface area contributed by atoms with Crippen molar-refractivity contribution in [1.82, 2.24) is 14.6 Å². The second-order valence-corrected chi connectivity index (χ2v) is 6.17. The van der Waals surface area contributed by atoms with Crippen LogP contribution in [0.2, 0.25) is 0 Å². The third kappa shape index (κ3) is 2.70. The van der Waals surface area contributed by atoms with E-state index in [4.69, 9.17) is 5.26 Å². The van der Waals surface area contributed by atoms with Crippen LogP contribution in [0.15, 0.2) is 36.5 Å². The van der Waals surface area contributed by atoms with Gasteiger partial charge in [-0.05, 0) is 37.1 Å². The summed E-state index contributed by atoms with van der Waals surface area (Å²) in [6.07, 6.45) is 3.57. The molecule has 0 saturated carbocycles. The summed E-state index contributed by atoms with van der Waals surface area (Å²) in [5, 5.41) is 17.3. The molecule has 1 saturated heterocycles. The number of nitrogens with zero attached hydrogens (tertiary/aromatic N) is 5. The molecule has 4 rings (SSSR count). The first-order valence-corrected chi connectivity index (χ1v) is 8.11. The molecule has 3 aromatic rings. The van der Waals surface area contributed by atoms with Crippen LogP contribution in [0.5, 0.6) is 0 Å². The first kappa shape index (κ1) is 15.5. The molecule has 1 fully saturated rings. The Bertz CT molecular complexity index is 952. The van der Waals surface area contributed by atoms with Crippen molar-refractivity contribution in [3.8, 4) is 6.07 Å². The van der Waals surface area contributed by atoms with Crippen molar-refractivity contribution in [2.45, 2.75) is 18.8 Å². The van der Waals surface area contributed by atoms with Crippen molar-refractivity contribution in [2.24, 2.45) is 0 Å². The summed E-state index contributed by atoms with van der Waals surface area (Å²) in [6, 6.07) is 9.59. The summed E-state index contributed by atoms with van der Waals surface area (Å²) < 4.78 is 30.6. The zero-order valence-corrected chi connectivity index (χ0v) is 13.4. The lowest BCUT2D eigenvalue weighted by Crippen LogP contribution is -2.36. The highest BCUT2D eigenvalue weighted by atomic mass is 19.1. The number of benzene rings is 1. The largest absolute Gasteiger partial charge is 0.366 e. The Morgan fingerprint density at radius 1 is 1.16 bits per heavy atom. The molecule has 1 atom stereocenters. The number of pyridine rings is 1. The Morgan fingerprint density at radius 2 is 1.96 bits per heavy atom. The van der Waals surface area contributed by atoms with Crippen molar-refractivity contribution in [1.29, 1.82) is 5.26 Å². The van der Waals surface area contributed by atoms with Gasteiger partial charge in [0.1, 0.15) is 11.5 Å². The molecule has 25 heavy (non-hydrogen) atoms. The number of anilines is 1. The fourth-order valence-corrected chi connectivity index (χ4v) is 3.46. The van der Waals surface area contributed by atoms with Gasteiger partial charge in [-0.2, -0.15) is 5.26 Å². The average molecular weight is 339 g/mol. The van der Waals surface area contributed by atoms with E-state index in [0.717, 1.165) is 36.4 Å². The SMILES string of the molecule is N#Cc1cc(F)c(N2CCC[C@H](c3nnc4ccccn34)C2)c(F)c1. The molecule has 7 heteroatoms. The minimum atomic E-state index is -0.705. The highest BCUT2D eigenvalue weighted by Crippen LogP contribution is 2.32. The van der Waals surface area contributed by atoms with Gasteiger partial charge in [-0.25, -0.2) is 8.78 Å². The number of rotatable bonds is 2. The summed E-state index contributed by atoms with van der Waals surface area (Å²) >= 11 is 0. The number of fused-ring (bicyclic) bond motifs is 1. The summed E-state index contributed by atoms with van der Waals surface area (Å²) in [6.45, 7) is 1.02. The van der Waals surface area contributed by atoms with Gasteiger partial charge in [0, 0.05) is 25.2 Å². The van der Waals surface area contributed by atoms with E-state index < -0.39 is 11.6 Å². The molecule has 0 spiro atoms. The van der Waals surface area contributed by atoms with Crippen molar-refractivity contribution in [3.63, 3.8) is 0 Å². The lowest BCUT2D eigenvalue weighted by molar-refractivity contribution is 0.472. The van der Waals surface area contributed by atoms with Gasteiger partial charge < -0.3 is 4.90 Å². The maximum atomic E-state index is 14.3. The molecule has 0 bridgehead atoms. The third-order valence-corrected chi connectivity index (χ3v) is 4.59. The van der Waals surface area contributed by atoms with Crippen molar-refractivity contribution >= 4 is 11.3 Å². The predicted octanol–water partition coefficient (Wildman–Crippen LogP) is 3.26. The number of nitriles is 1. The van der Waals surface area contributed by atoms with Crippen molar-refractivity contribution < 1.29 is 8.78 Å². The number of hydrogen-bond donors (Lipinski definition) is 0. The van der Waals surface area contributed by atoms with Crippen LogP contribution < -0.4 is 4.90 Å². The van der Waals surface area contributed by atoms with Crippen LogP contribution in [0.3, 0.4) is 0 Å². The van der Waals surface area contributed by atoms with Gasteiger partial charge in [-0.3, -0.25) is 4.40 Å². The van der Waals surface area contributed by atoms with Gasteiger partial charge in [0.05, 0.1) is 11.6 Å². The van der Waals surface area contributed by atoms with Gasteiger partial charge in [0.15, 0.2) is 17.3 Å². The van der Waals surface area contributed by atoms with E-state index in [2.05, 4.69) is 10.2 Å². The summed E-state index contributed by atoms with van der Waals surface area (Å²) in [7, 11) is 0. The molecule has 3 heterocycles. The van der Waals surface area contributed by atoms with Crippen LogP contribution in [0.1, 0.15) is 30.1 Å². The molecule has 5 nitrogen and oxygen atoms in total. The van der Waals surface area contributed by atoms with Gasteiger partial charge in [-0.1, -0.05) is 6.07 Å². The molecule has 1 aliphatic rings. The topological polar surface area (TPSA) is 57.2 Å². The van der Waals surface area contributed by atoms with Gasteiger partial charge in [0.2, 0.25) is 0 Å². The second-order valence-electron chi connectivity index (χ2n) is 6.17. The predicted molar refractivity (Wildman–Crippen MR) is 88.2 cm³/mol. The van der Waals surface area contributed by atoms with Crippen LogP contribution in [-0.2, 0) is 0 Å². The highest BCUT2D eigenvalue weighted by Gasteiger charge is 2.28. The zero-order valence-electron chi connectivity index (χ0n) is 13.4. The van der Waals surface area contributed by atoms with Crippen LogP contribution >= 0.6 is 0 Å². The average Bonchev–Trinajstić information content (AvgIpc) is 3.05. The molecular weight excluding hydrogens is 324 g/mol. The molecule has 1 aliphatic heterocycles. The molecule has 0 radical (unpaired) electrons. The quantitative estimate of drug-likeness (QED) is 0.719. The maximum Gasteiger partial charge on any atom is 0.160 e. The Hall–Kier alpha value is -3.01. The standard InChI is InChI=1S/C18H15F2N5/c19-14-8-12(10-21)9-15(20)17(14)24-6-3-4-13(11-24)18-23-22-16-5-1-2-7-25(16)18/h1-2,5,7-9,13H,3-4,6,11H2/t13-/m0/s1. The molecular formula is C18H15F2N5. The second kappa shape index (κ2) is 6.13. The van der Waals surface area contributed by atoms with Crippen LogP contribution in [0.4, 0.5) is 14.5 Å².